The van der Waals surface area contributed by atoms with E-state index in [0.29, 0.717) is 5.95 Å². The maximum atomic E-state index is 5.89. The number of aromatic nitrogens is 2. The van der Waals surface area contributed by atoms with Crippen LogP contribution in [0.25, 0.3) is 10.2 Å². The lowest BCUT2D eigenvalue weighted by Gasteiger charge is -2.35. The minimum atomic E-state index is 0.389. The van der Waals surface area contributed by atoms with E-state index in [-0.39, 0.29) is 0 Å². The van der Waals surface area contributed by atoms with Crippen LogP contribution in [0.15, 0.2) is 6.07 Å². The van der Waals surface area contributed by atoms with Crippen molar-refractivity contribution in [2.24, 2.45) is 5.92 Å². The molecule has 0 bridgehead atoms. The van der Waals surface area contributed by atoms with Crippen LogP contribution in [0, 0.1) is 12.8 Å². The first kappa shape index (κ1) is 13.3. The molecule has 112 valence electrons. The quantitative estimate of drug-likeness (QED) is 0.941. The van der Waals surface area contributed by atoms with E-state index in [4.69, 9.17) is 5.73 Å². The molecule has 0 unspecified atom stereocenters. The van der Waals surface area contributed by atoms with Gasteiger partial charge in [0.05, 0.1) is 5.39 Å². The van der Waals surface area contributed by atoms with Crippen LogP contribution in [-0.2, 0) is 0 Å². The van der Waals surface area contributed by atoms with Gasteiger partial charge in [0.2, 0.25) is 5.95 Å². The molecule has 21 heavy (non-hydrogen) atoms. The summed E-state index contributed by atoms with van der Waals surface area (Å²) in [6.07, 6.45) is 2.86. The summed E-state index contributed by atoms with van der Waals surface area (Å²) in [6.45, 7) is 7.73. The van der Waals surface area contributed by atoms with Crippen molar-refractivity contribution >= 4 is 33.3 Å². The molecule has 0 spiro atoms. The highest BCUT2D eigenvalue weighted by molar-refractivity contribution is 7.18. The number of piperazine rings is 1. The number of hydrogen-bond donors (Lipinski definition) is 1. The molecule has 4 rings (SSSR count). The molecular weight excluding hydrogens is 282 g/mol. The molecule has 2 aromatic rings. The van der Waals surface area contributed by atoms with Crippen molar-refractivity contribution < 1.29 is 0 Å². The van der Waals surface area contributed by atoms with Gasteiger partial charge < -0.3 is 10.6 Å². The zero-order valence-electron chi connectivity index (χ0n) is 12.4. The first-order valence-electron chi connectivity index (χ1n) is 7.70. The topological polar surface area (TPSA) is 58.3 Å². The van der Waals surface area contributed by atoms with E-state index in [9.17, 15) is 0 Å². The summed E-state index contributed by atoms with van der Waals surface area (Å²) in [6, 6.07) is 2.19. The maximum Gasteiger partial charge on any atom is 0.223 e. The molecule has 1 saturated carbocycles. The fourth-order valence-corrected chi connectivity index (χ4v) is 3.97. The average Bonchev–Trinajstić information content (AvgIpc) is 3.19. The molecule has 0 radical (unpaired) electrons. The summed E-state index contributed by atoms with van der Waals surface area (Å²) < 4.78 is 0. The van der Waals surface area contributed by atoms with Crippen LogP contribution in [0.1, 0.15) is 17.7 Å². The van der Waals surface area contributed by atoms with Gasteiger partial charge in [-0.15, -0.1) is 11.3 Å². The molecule has 5 nitrogen and oxygen atoms in total. The van der Waals surface area contributed by atoms with Gasteiger partial charge in [-0.25, -0.2) is 4.98 Å². The number of thiophene rings is 1. The number of nitrogens with two attached hydrogens (primary N) is 1. The molecule has 2 aromatic heterocycles. The van der Waals surface area contributed by atoms with Crippen LogP contribution in [0.5, 0.6) is 0 Å². The third-order valence-electron chi connectivity index (χ3n) is 4.40. The Morgan fingerprint density at radius 2 is 2.00 bits per heavy atom. The third-order valence-corrected chi connectivity index (χ3v) is 5.34. The lowest BCUT2D eigenvalue weighted by Crippen LogP contribution is -2.47. The predicted octanol–water partition coefficient (Wildman–Crippen LogP) is 2.11. The molecule has 2 N–H and O–H groups in total. The number of nitrogen functional groups attached to an aromatic ring is 1. The van der Waals surface area contributed by atoms with Crippen molar-refractivity contribution in [3.63, 3.8) is 0 Å². The molecule has 0 aromatic carbocycles. The summed E-state index contributed by atoms with van der Waals surface area (Å²) in [5.41, 5.74) is 5.89. The minimum Gasteiger partial charge on any atom is -0.368 e. The highest BCUT2D eigenvalue weighted by Crippen LogP contribution is 2.33. The summed E-state index contributed by atoms with van der Waals surface area (Å²) in [7, 11) is 0. The second-order valence-electron chi connectivity index (χ2n) is 6.21. The van der Waals surface area contributed by atoms with E-state index >= 15 is 0 Å². The van der Waals surface area contributed by atoms with Gasteiger partial charge in [-0.1, -0.05) is 0 Å². The summed E-state index contributed by atoms with van der Waals surface area (Å²) in [4.78, 5) is 16.1. The van der Waals surface area contributed by atoms with E-state index in [1.54, 1.807) is 11.3 Å². The van der Waals surface area contributed by atoms with Gasteiger partial charge in [-0.2, -0.15) is 4.98 Å². The van der Waals surface area contributed by atoms with Crippen LogP contribution in [0.4, 0.5) is 11.8 Å². The molecule has 1 aliphatic carbocycles. The second-order valence-corrected chi connectivity index (χ2v) is 7.45. The Morgan fingerprint density at radius 3 is 2.71 bits per heavy atom. The van der Waals surface area contributed by atoms with Crippen molar-refractivity contribution in [1.29, 1.82) is 0 Å². The monoisotopic (exact) mass is 303 g/mol. The highest BCUT2D eigenvalue weighted by Gasteiger charge is 2.27. The van der Waals surface area contributed by atoms with Crippen molar-refractivity contribution in [3.8, 4) is 0 Å². The van der Waals surface area contributed by atoms with E-state index in [0.717, 1.165) is 48.1 Å². The van der Waals surface area contributed by atoms with Gasteiger partial charge in [0.1, 0.15) is 10.6 Å². The first-order valence-corrected chi connectivity index (χ1v) is 8.51. The van der Waals surface area contributed by atoms with E-state index in [1.807, 2.05) is 0 Å². The zero-order chi connectivity index (χ0) is 14.4. The standard InChI is InChI=1S/C15H21N5S/c1-10-8-12-13(17-15(16)18-14(12)21-10)20-6-4-19(5-7-20)9-11-2-3-11/h8,11H,2-7,9H2,1H3,(H2,16,17,18). The Morgan fingerprint density at radius 1 is 1.24 bits per heavy atom. The summed E-state index contributed by atoms with van der Waals surface area (Å²) in [5, 5.41) is 1.15. The Bertz CT molecular complexity index is 655. The largest absolute Gasteiger partial charge is 0.368 e. The lowest BCUT2D eigenvalue weighted by atomic mass is 10.2. The number of fused-ring (bicyclic) bond motifs is 1. The zero-order valence-corrected chi connectivity index (χ0v) is 13.2. The molecule has 6 heteroatoms. The number of nitrogens with zero attached hydrogens (tertiary/aromatic N) is 4. The van der Waals surface area contributed by atoms with Crippen molar-refractivity contribution in [2.75, 3.05) is 43.4 Å². The van der Waals surface area contributed by atoms with E-state index in [1.165, 1.54) is 24.3 Å². The number of aryl methyl sites for hydroxylation is 1. The molecule has 1 aliphatic heterocycles. The Kier molecular flexibility index (Phi) is 3.23. The third kappa shape index (κ3) is 2.70. The van der Waals surface area contributed by atoms with Crippen LogP contribution in [0.2, 0.25) is 0 Å². The van der Waals surface area contributed by atoms with Gasteiger partial charge >= 0.3 is 0 Å². The smallest absolute Gasteiger partial charge is 0.223 e. The van der Waals surface area contributed by atoms with Crippen LogP contribution >= 0.6 is 11.3 Å². The molecule has 2 fully saturated rings. The van der Waals surface area contributed by atoms with Crippen molar-refractivity contribution in [1.82, 2.24) is 14.9 Å². The second kappa shape index (κ2) is 5.10. The van der Waals surface area contributed by atoms with Gasteiger partial charge in [0.15, 0.2) is 0 Å². The molecule has 1 saturated heterocycles. The highest BCUT2D eigenvalue weighted by atomic mass is 32.1. The van der Waals surface area contributed by atoms with Crippen molar-refractivity contribution in [2.45, 2.75) is 19.8 Å². The maximum absolute atomic E-state index is 5.89. The molecule has 0 amide bonds. The van der Waals surface area contributed by atoms with Gasteiger partial charge in [-0.05, 0) is 31.7 Å². The SMILES string of the molecule is Cc1cc2c(N3CCN(CC4CC4)CC3)nc(N)nc2s1. The van der Waals surface area contributed by atoms with Gasteiger partial charge in [-0.3, -0.25) is 4.90 Å². The van der Waals surface area contributed by atoms with E-state index < -0.39 is 0 Å². The Hall–Kier alpha value is -1.40. The number of hydrogen-bond acceptors (Lipinski definition) is 6. The molecular formula is C15H21N5S. The fourth-order valence-electron chi connectivity index (χ4n) is 3.09. The Balaban J connectivity index is 1.56. The number of anilines is 2. The molecule has 0 atom stereocenters. The summed E-state index contributed by atoms with van der Waals surface area (Å²) in [5.74, 6) is 2.38. The number of rotatable bonds is 3. The van der Waals surface area contributed by atoms with Crippen molar-refractivity contribution in [3.05, 3.63) is 10.9 Å². The van der Waals surface area contributed by atoms with Crippen LogP contribution in [-0.4, -0.2) is 47.6 Å². The normalized spacial score (nSPS) is 20.3. The van der Waals surface area contributed by atoms with Gasteiger partial charge in [0.25, 0.3) is 0 Å². The van der Waals surface area contributed by atoms with Crippen LogP contribution in [0.3, 0.4) is 0 Å². The van der Waals surface area contributed by atoms with E-state index in [2.05, 4.69) is 32.8 Å². The minimum absolute atomic E-state index is 0.389. The Labute approximate surface area is 128 Å². The predicted molar refractivity (Wildman–Crippen MR) is 87.9 cm³/mol. The average molecular weight is 303 g/mol. The van der Waals surface area contributed by atoms with Gasteiger partial charge in [0, 0.05) is 37.6 Å². The summed E-state index contributed by atoms with van der Waals surface area (Å²) >= 11 is 1.69. The lowest BCUT2D eigenvalue weighted by molar-refractivity contribution is 0.248. The molecule has 3 heterocycles. The fraction of sp³-hybridized carbons (Fsp3) is 0.600. The van der Waals surface area contributed by atoms with Crippen LogP contribution < -0.4 is 10.6 Å². The molecule has 2 aliphatic rings. The first-order chi connectivity index (χ1) is 10.2.